The third-order valence-corrected chi connectivity index (χ3v) is 6.53. The lowest BCUT2D eigenvalue weighted by atomic mass is 9.99. The number of ether oxygens (including phenoxy) is 2. The van der Waals surface area contributed by atoms with Crippen molar-refractivity contribution in [2.45, 2.75) is 149 Å². The van der Waals surface area contributed by atoms with Gasteiger partial charge in [0.1, 0.15) is 0 Å². The number of carboxylic acids is 1. The second kappa shape index (κ2) is 25.5. The molecule has 0 saturated carbocycles. The fourth-order valence-corrected chi connectivity index (χ4v) is 4.45. The van der Waals surface area contributed by atoms with Crippen molar-refractivity contribution in [2.75, 3.05) is 13.2 Å². The van der Waals surface area contributed by atoms with Gasteiger partial charge in [-0.3, -0.25) is 14.4 Å². The Morgan fingerprint density at radius 1 is 0.514 bits per heavy atom. The van der Waals surface area contributed by atoms with Crippen LogP contribution >= 0.6 is 0 Å². The number of unbranched alkanes of at least 4 members (excludes halogenated alkanes) is 18. The third-order valence-electron chi connectivity index (χ3n) is 6.53. The number of esters is 2. The number of carbonyl (C=O) groups is 3. The van der Waals surface area contributed by atoms with Gasteiger partial charge in [-0.2, -0.15) is 0 Å². The lowest BCUT2D eigenvalue weighted by Crippen LogP contribution is -2.28. The lowest BCUT2D eigenvalue weighted by molar-refractivity contribution is -0.162. The Morgan fingerprint density at radius 3 is 1.09 bits per heavy atom. The monoisotopic (exact) mass is 498 g/mol. The highest BCUT2D eigenvalue weighted by molar-refractivity contribution is 5.94. The molecule has 0 aliphatic heterocycles. The molecule has 0 fully saturated rings. The van der Waals surface area contributed by atoms with Crippen LogP contribution in [0.15, 0.2) is 0 Å². The summed E-state index contributed by atoms with van der Waals surface area (Å²) in [6, 6.07) is 0. The van der Waals surface area contributed by atoms with Gasteiger partial charge in [0.05, 0.1) is 13.2 Å². The number of aliphatic carboxylic acids is 1. The summed E-state index contributed by atoms with van der Waals surface area (Å²) in [5, 5.41) is 8.61. The summed E-state index contributed by atoms with van der Waals surface area (Å²) in [7, 11) is 0. The fraction of sp³-hybridized carbons (Fsp3) is 0.897. The van der Waals surface area contributed by atoms with E-state index in [4.69, 9.17) is 14.6 Å². The van der Waals surface area contributed by atoms with Gasteiger partial charge in [0.15, 0.2) is 5.92 Å². The molecule has 0 unspecified atom stereocenters. The summed E-state index contributed by atoms with van der Waals surface area (Å²) in [5.41, 5.74) is 0. The number of carboxylic acid groups (broad SMARTS) is 1. The Bertz CT molecular complexity index is 501. The number of rotatable bonds is 26. The normalized spacial score (nSPS) is 11.1. The quantitative estimate of drug-likeness (QED) is 0.0738. The molecule has 0 rings (SSSR count). The average molecular weight is 499 g/mol. The number of hydrogen-bond acceptors (Lipinski definition) is 5. The Balaban J connectivity index is 3.40. The highest BCUT2D eigenvalue weighted by Gasteiger charge is 2.28. The van der Waals surface area contributed by atoms with Gasteiger partial charge in [-0.25, -0.2) is 0 Å². The van der Waals surface area contributed by atoms with Crippen molar-refractivity contribution in [3.05, 3.63) is 0 Å². The van der Waals surface area contributed by atoms with Gasteiger partial charge in [0.2, 0.25) is 0 Å². The standard InChI is InChI=1S/C29H54O6/c1-3-34-28(32)26(29(33)35-4-2)24-22-20-18-16-14-12-10-8-6-5-7-9-11-13-15-17-19-21-23-25-27(30)31/h26H,3-25H2,1-2H3,(H,30,31). The van der Waals surface area contributed by atoms with Crippen LogP contribution in [-0.2, 0) is 23.9 Å². The first-order valence-corrected chi connectivity index (χ1v) is 14.6. The van der Waals surface area contributed by atoms with Crippen LogP contribution in [-0.4, -0.2) is 36.2 Å². The van der Waals surface area contributed by atoms with E-state index in [1.54, 1.807) is 13.8 Å². The largest absolute Gasteiger partial charge is 0.481 e. The molecule has 206 valence electrons. The summed E-state index contributed by atoms with van der Waals surface area (Å²) < 4.78 is 10.0. The van der Waals surface area contributed by atoms with Crippen molar-refractivity contribution >= 4 is 17.9 Å². The van der Waals surface area contributed by atoms with Crippen LogP contribution in [0.3, 0.4) is 0 Å². The number of hydrogen-bond donors (Lipinski definition) is 1. The SMILES string of the molecule is CCOC(=O)C(CCCCCCCCCCCCCCCCCCCCCC(=O)O)C(=O)OCC. The topological polar surface area (TPSA) is 89.9 Å². The van der Waals surface area contributed by atoms with E-state index >= 15 is 0 Å². The molecule has 0 aliphatic carbocycles. The lowest BCUT2D eigenvalue weighted by Gasteiger charge is -2.14. The Morgan fingerprint density at radius 2 is 0.800 bits per heavy atom. The molecule has 0 saturated heterocycles. The molecule has 0 aromatic heterocycles. The Hall–Kier alpha value is -1.59. The summed E-state index contributed by atoms with van der Waals surface area (Å²) in [6.07, 6.45) is 24.1. The molecule has 0 atom stereocenters. The van der Waals surface area contributed by atoms with Gasteiger partial charge < -0.3 is 14.6 Å². The van der Waals surface area contributed by atoms with Gasteiger partial charge >= 0.3 is 17.9 Å². The first-order valence-electron chi connectivity index (χ1n) is 14.6. The van der Waals surface area contributed by atoms with Crippen LogP contribution < -0.4 is 0 Å². The van der Waals surface area contributed by atoms with E-state index in [9.17, 15) is 14.4 Å². The molecule has 35 heavy (non-hydrogen) atoms. The molecule has 0 aromatic rings. The van der Waals surface area contributed by atoms with Crippen molar-refractivity contribution in [1.82, 2.24) is 0 Å². The molecule has 0 aliphatic rings. The zero-order valence-corrected chi connectivity index (χ0v) is 22.8. The summed E-state index contributed by atoms with van der Waals surface area (Å²) >= 11 is 0. The molecule has 0 heterocycles. The molecule has 0 amide bonds. The predicted molar refractivity (Wildman–Crippen MR) is 141 cm³/mol. The van der Waals surface area contributed by atoms with E-state index in [0.29, 0.717) is 12.8 Å². The van der Waals surface area contributed by atoms with Crippen LogP contribution in [0.4, 0.5) is 0 Å². The zero-order valence-electron chi connectivity index (χ0n) is 22.8. The summed E-state index contributed by atoms with van der Waals surface area (Å²) in [5.74, 6) is -2.34. The van der Waals surface area contributed by atoms with E-state index in [2.05, 4.69) is 0 Å². The van der Waals surface area contributed by atoms with Crippen LogP contribution in [0.2, 0.25) is 0 Å². The van der Waals surface area contributed by atoms with Crippen LogP contribution in [0.5, 0.6) is 0 Å². The van der Waals surface area contributed by atoms with Crippen molar-refractivity contribution in [2.24, 2.45) is 5.92 Å². The first kappa shape index (κ1) is 33.4. The molecule has 0 spiro atoms. The smallest absolute Gasteiger partial charge is 0.320 e. The maximum absolute atomic E-state index is 12.0. The minimum atomic E-state index is -0.767. The van der Waals surface area contributed by atoms with Crippen LogP contribution in [0, 0.1) is 5.92 Å². The molecule has 0 aromatic carbocycles. The van der Waals surface area contributed by atoms with Crippen molar-refractivity contribution < 1.29 is 29.0 Å². The highest BCUT2D eigenvalue weighted by Crippen LogP contribution is 2.17. The third kappa shape index (κ3) is 22.6. The van der Waals surface area contributed by atoms with Crippen molar-refractivity contribution in [3.63, 3.8) is 0 Å². The molecular formula is C29H54O6. The second-order valence-corrected chi connectivity index (χ2v) is 9.71. The van der Waals surface area contributed by atoms with E-state index in [0.717, 1.165) is 32.1 Å². The summed E-state index contributed by atoms with van der Waals surface area (Å²) in [4.78, 5) is 34.4. The maximum Gasteiger partial charge on any atom is 0.320 e. The van der Waals surface area contributed by atoms with Gasteiger partial charge in [0, 0.05) is 6.42 Å². The van der Waals surface area contributed by atoms with Crippen LogP contribution in [0.25, 0.3) is 0 Å². The minimum Gasteiger partial charge on any atom is -0.481 e. The van der Waals surface area contributed by atoms with Crippen LogP contribution in [0.1, 0.15) is 149 Å². The van der Waals surface area contributed by atoms with E-state index in [1.165, 1.54) is 89.9 Å². The van der Waals surface area contributed by atoms with Crippen molar-refractivity contribution in [3.8, 4) is 0 Å². The van der Waals surface area contributed by atoms with E-state index < -0.39 is 23.8 Å². The molecular weight excluding hydrogens is 444 g/mol. The molecule has 6 heteroatoms. The van der Waals surface area contributed by atoms with Gasteiger partial charge in [0.25, 0.3) is 0 Å². The van der Waals surface area contributed by atoms with Gasteiger partial charge in [-0.05, 0) is 26.7 Å². The molecule has 0 radical (unpaired) electrons. The van der Waals surface area contributed by atoms with Gasteiger partial charge in [-0.15, -0.1) is 0 Å². The zero-order chi connectivity index (χ0) is 26.0. The molecule has 1 N–H and O–H groups in total. The molecule has 6 nitrogen and oxygen atoms in total. The van der Waals surface area contributed by atoms with Crippen molar-refractivity contribution in [1.29, 1.82) is 0 Å². The highest BCUT2D eigenvalue weighted by atomic mass is 16.6. The average Bonchev–Trinajstić information content (AvgIpc) is 2.82. The maximum atomic E-state index is 12.0. The predicted octanol–water partition coefficient (Wildman–Crippen LogP) is 8.01. The summed E-state index contributed by atoms with van der Waals surface area (Å²) in [6.45, 7) is 4.07. The molecule has 0 bridgehead atoms. The second-order valence-electron chi connectivity index (χ2n) is 9.71. The van der Waals surface area contributed by atoms with E-state index in [-0.39, 0.29) is 13.2 Å². The fourth-order valence-electron chi connectivity index (χ4n) is 4.45. The van der Waals surface area contributed by atoms with Gasteiger partial charge in [-0.1, -0.05) is 116 Å². The Kier molecular flexibility index (Phi) is 24.3. The Labute approximate surface area is 214 Å². The van der Waals surface area contributed by atoms with E-state index in [1.807, 2.05) is 0 Å². The minimum absolute atomic E-state index is 0.286. The number of carbonyl (C=O) groups excluding carboxylic acids is 2. The first-order chi connectivity index (χ1) is 17.0.